The van der Waals surface area contributed by atoms with E-state index in [9.17, 15) is 0 Å². The Morgan fingerprint density at radius 1 is 1.53 bits per heavy atom. The van der Waals surface area contributed by atoms with Crippen molar-refractivity contribution in [3.05, 3.63) is 22.4 Å². The summed E-state index contributed by atoms with van der Waals surface area (Å²) in [4.78, 5) is 2.24. The molecule has 0 unspecified atom stereocenters. The molecule has 0 aliphatic heterocycles. The van der Waals surface area contributed by atoms with Crippen LogP contribution in [0.3, 0.4) is 0 Å². The van der Waals surface area contributed by atoms with Crippen molar-refractivity contribution in [2.24, 2.45) is 0 Å². The first kappa shape index (κ1) is 12.2. The first-order valence-electron chi connectivity index (χ1n) is 4.96. The number of methoxy groups -OCH3 is 1. The minimum absolute atomic E-state index is 0.577. The number of hydrogen-bond acceptors (Lipinski definition) is 4. The fourth-order valence-corrected chi connectivity index (χ4v) is 2.00. The van der Waals surface area contributed by atoms with E-state index < -0.39 is 0 Å². The summed E-state index contributed by atoms with van der Waals surface area (Å²) >= 11 is 1.71. The largest absolute Gasteiger partial charge is 0.383 e. The molecular formula is C11H16N2OS. The van der Waals surface area contributed by atoms with Crippen molar-refractivity contribution in [3.63, 3.8) is 0 Å². The summed E-state index contributed by atoms with van der Waals surface area (Å²) in [7, 11) is 1.70. The first-order valence-corrected chi connectivity index (χ1v) is 5.90. The van der Waals surface area contributed by atoms with E-state index in [-0.39, 0.29) is 0 Å². The Labute approximate surface area is 94.9 Å². The molecule has 0 radical (unpaired) electrons. The Morgan fingerprint density at radius 3 is 3.00 bits per heavy atom. The molecule has 0 aromatic carbocycles. The molecule has 0 saturated carbocycles. The third-order valence-electron chi connectivity index (χ3n) is 2.14. The van der Waals surface area contributed by atoms with E-state index in [0.29, 0.717) is 6.42 Å². The van der Waals surface area contributed by atoms with Crippen molar-refractivity contribution in [2.75, 3.05) is 26.8 Å². The van der Waals surface area contributed by atoms with Crippen molar-refractivity contribution < 1.29 is 4.74 Å². The van der Waals surface area contributed by atoms with Crippen molar-refractivity contribution in [1.82, 2.24) is 4.90 Å². The van der Waals surface area contributed by atoms with E-state index in [1.54, 1.807) is 18.4 Å². The minimum Gasteiger partial charge on any atom is -0.383 e. The van der Waals surface area contributed by atoms with Crippen molar-refractivity contribution in [3.8, 4) is 6.07 Å². The molecule has 0 fully saturated rings. The molecule has 1 heterocycles. The Bertz CT molecular complexity index is 292. The first-order chi connectivity index (χ1) is 7.36. The lowest BCUT2D eigenvalue weighted by molar-refractivity contribution is 0.145. The Kier molecular flexibility index (Phi) is 6.02. The van der Waals surface area contributed by atoms with Gasteiger partial charge in [-0.15, -0.1) is 0 Å². The molecule has 0 atom stereocenters. The predicted molar refractivity (Wildman–Crippen MR) is 61.7 cm³/mol. The highest BCUT2D eigenvalue weighted by Gasteiger charge is 2.05. The summed E-state index contributed by atoms with van der Waals surface area (Å²) in [5.74, 6) is 0. The van der Waals surface area contributed by atoms with Crippen LogP contribution in [0.5, 0.6) is 0 Å². The van der Waals surface area contributed by atoms with Crippen LogP contribution in [-0.2, 0) is 11.3 Å². The van der Waals surface area contributed by atoms with Crippen LogP contribution < -0.4 is 0 Å². The van der Waals surface area contributed by atoms with E-state index in [0.717, 1.165) is 26.2 Å². The maximum atomic E-state index is 8.56. The molecule has 1 rings (SSSR count). The normalized spacial score (nSPS) is 10.5. The zero-order valence-corrected chi connectivity index (χ0v) is 9.80. The van der Waals surface area contributed by atoms with Crippen LogP contribution in [0.2, 0.25) is 0 Å². The van der Waals surface area contributed by atoms with Gasteiger partial charge in [0.25, 0.3) is 0 Å². The quantitative estimate of drug-likeness (QED) is 0.711. The van der Waals surface area contributed by atoms with E-state index >= 15 is 0 Å². The summed E-state index contributed by atoms with van der Waals surface area (Å²) in [6.07, 6.45) is 0.577. The number of ether oxygens (including phenoxy) is 1. The average molecular weight is 224 g/mol. The number of nitrogens with zero attached hydrogens (tertiary/aromatic N) is 2. The van der Waals surface area contributed by atoms with Crippen molar-refractivity contribution in [2.45, 2.75) is 13.0 Å². The summed E-state index contributed by atoms with van der Waals surface area (Å²) in [5.41, 5.74) is 1.31. The second-order valence-electron chi connectivity index (χ2n) is 3.31. The molecule has 0 saturated heterocycles. The lowest BCUT2D eigenvalue weighted by Gasteiger charge is -2.19. The molecule has 0 N–H and O–H groups in total. The highest BCUT2D eigenvalue weighted by molar-refractivity contribution is 7.07. The SMILES string of the molecule is COCCN(CCC#N)Cc1ccsc1. The smallest absolute Gasteiger partial charge is 0.0635 e. The maximum Gasteiger partial charge on any atom is 0.0635 e. The zero-order valence-electron chi connectivity index (χ0n) is 8.98. The Morgan fingerprint density at radius 2 is 2.40 bits per heavy atom. The summed E-state index contributed by atoms with van der Waals surface area (Å²) in [6.45, 7) is 3.33. The summed E-state index contributed by atoms with van der Waals surface area (Å²) in [5, 5.41) is 12.8. The van der Waals surface area contributed by atoms with Crippen molar-refractivity contribution in [1.29, 1.82) is 5.26 Å². The maximum absolute atomic E-state index is 8.56. The Hall–Kier alpha value is -0.890. The van der Waals surface area contributed by atoms with Gasteiger partial charge in [0.05, 0.1) is 12.7 Å². The van der Waals surface area contributed by atoms with Gasteiger partial charge in [-0.3, -0.25) is 4.90 Å². The molecule has 15 heavy (non-hydrogen) atoms. The van der Waals surface area contributed by atoms with Crippen LogP contribution in [0.1, 0.15) is 12.0 Å². The fourth-order valence-electron chi connectivity index (χ4n) is 1.34. The second-order valence-corrected chi connectivity index (χ2v) is 4.09. The van der Waals surface area contributed by atoms with Crippen molar-refractivity contribution >= 4 is 11.3 Å². The van der Waals surface area contributed by atoms with Gasteiger partial charge in [0.2, 0.25) is 0 Å². The highest BCUT2D eigenvalue weighted by atomic mass is 32.1. The topological polar surface area (TPSA) is 36.3 Å². The number of hydrogen-bond donors (Lipinski definition) is 0. The van der Waals surface area contributed by atoms with Gasteiger partial charge in [-0.1, -0.05) is 0 Å². The highest BCUT2D eigenvalue weighted by Crippen LogP contribution is 2.09. The molecule has 4 heteroatoms. The molecule has 1 aromatic rings. The molecule has 0 aliphatic carbocycles. The van der Waals surface area contributed by atoms with E-state index in [2.05, 4.69) is 27.8 Å². The summed E-state index contributed by atoms with van der Waals surface area (Å²) in [6, 6.07) is 4.30. The van der Waals surface area contributed by atoms with Crippen LogP contribution in [0, 0.1) is 11.3 Å². The van der Waals surface area contributed by atoms with Gasteiger partial charge in [-0.2, -0.15) is 16.6 Å². The Balaban J connectivity index is 2.38. The summed E-state index contributed by atoms with van der Waals surface area (Å²) < 4.78 is 5.05. The molecule has 0 amide bonds. The number of rotatable bonds is 7. The fraction of sp³-hybridized carbons (Fsp3) is 0.545. The van der Waals surface area contributed by atoms with Gasteiger partial charge in [-0.05, 0) is 22.4 Å². The van der Waals surface area contributed by atoms with Gasteiger partial charge in [0.1, 0.15) is 0 Å². The monoisotopic (exact) mass is 224 g/mol. The third-order valence-corrected chi connectivity index (χ3v) is 2.87. The van der Waals surface area contributed by atoms with Crippen LogP contribution in [0.4, 0.5) is 0 Å². The molecule has 0 bridgehead atoms. The van der Waals surface area contributed by atoms with Gasteiger partial charge in [0, 0.05) is 33.2 Å². The van der Waals surface area contributed by atoms with Gasteiger partial charge >= 0.3 is 0 Å². The molecule has 1 aromatic heterocycles. The lowest BCUT2D eigenvalue weighted by Crippen LogP contribution is -2.27. The third kappa shape index (κ3) is 4.93. The van der Waals surface area contributed by atoms with Crippen LogP contribution in [0.25, 0.3) is 0 Å². The average Bonchev–Trinajstić information content (AvgIpc) is 2.74. The minimum atomic E-state index is 0.577. The van der Waals surface area contributed by atoms with Gasteiger partial charge in [0.15, 0.2) is 0 Å². The molecule has 3 nitrogen and oxygen atoms in total. The van der Waals surface area contributed by atoms with Crippen LogP contribution in [-0.4, -0.2) is 31.7 Å². The van der Waals surface area contributed by atoms with Gasteiger partial charge < -0.3 is 4.74 Å². The van der Waals surface area contributed by atoms with E-state index in [1.807, 2.05) is 0 Å². The number of nitriles is 1. The van der Waals surface area contributed by atoms with E-state index in [4.69, 9.17) is 10.00 Å². The molecule has 0 aliphatic rings. The second kappa shape index (κ2) is 7.41. The molecule has 82 valence electrons. The molecular weight excluding hydrogens is 208 g/mol. The van der Waals surface area contributed by atoms with Crippen LogP contribution in [0.15, 0.2) is 16.8 Å². The van der Waals surface area contributed by atoms with E-state index in [1.165, 1.54) is 5.56 Å². The van der Waals surface area contributed by atoms with Crippen LogP contribution >= 0.6 is 11.3 Å². The zero-order chi connectivity index (χ0) is 10.9. The van der Waals surface area contributed by atoms with Gasteiger partial charge in [-0.25, -0.2) is 0 Å². The standard InChI is InChI=1S/C11H16N2OS/c1-14-7-6-13(5-2-4-12)9-11-3-8-15-10-11/h3,8,10H,2,5-7,9H2,1H3. The molecule has 0 spiro atoms. The lowest BCUT2D eigenvalue weighted by atomic mass is 10.3. The number of thiophene rings is 1. The predicted octanol–water partition coefficient (Wildman–Crippen LogP) is 2.11.